The van der Waals surface area contributed by atoms with E-state index >= 15 is 0 Å². The number of esters is 1. The Bertz CT molecular complexity index is 827. The van der Waals surface area contributed by atoms with E-state index in [1.54, 1.807) is 19.9 Å². The molecule has 0 bridgehead atoms. The average Bonchev–Trinajstić information content (AvgIpc) is 3.22. The summed E-state index contributed by atoms with van der Waals surface area (Å²) in [7, 11) is 2.93. The number of ether oxygens (including phenoxy) is 3. The number of nitrogens with zero attached hydrogens (tertiary/aromatic N) is 1. The lowest BCUT2D eigenvalue weighted by atomic mass is 10.0. The zero-order chi connectivity index (χ0) is 21.4. The molecule has 156 valence electrons. The normalized spacial score (nSPS) is 11.5. The van der Waals surface area contributed by atoms with Crippen LogP contribution in [-0.4, -0.2) is 49.8 Å². The molecule has 1 aromatic carbocycles. The number of rotatable bonds is 9. The van der Waals surface area contributed by atoms with Gasteiger partial charge in [0.1, 0.15) is 23.8 Å². The van der Waals surface area contributed by atoms with Crippen molar-refractivity contribution in [1.29, 1.82) is 0 Å². The predicted octanol–water partition coefficient (Wildman–Crippen LogP) is 1.63. The van der Waals surface area contributed by atoms with Gasteiger partial charge in [0.05, 0.1) is 14.2 Å². The van der Waals surface area contributed by atoms with E-state index in [-0.39, 0.29) is 17.3 Å². The van der Waals surface area contributed by atoms with Crippen LogP contribution in [0.5, 0.6) is 11.5 Å². The van der Waals surface area contributed by atoms with E-state index in [1.165, 1.54) is 38.7 Å². The molecule has 10 heteroatoms. The molecule has 2 amide bonds. The third-order valence-corrected chi connectivity index (χ3v) is 3.87. The highest BCUT2D eigenvalue weighted by atomic mass is 16.5. The number of carbonyl (C=O) groups excluding carboxylic acids is 3. The first-order valence-electron chi connectivity index (χ1n) is 8.74. The smallest absolute Gasteiger partial charge is 0.329 e. The first-order valence-corrected chi connectivity index (χ1v) is 8.74. The van der Waals surface area contributed by atoms with Crippen LogP contribution in [0.4, 0.5) is 5.82 Å². The molecule has 0 aliphatic carbocycles. The molecule has 1 atom stereocenters. The summed E-state index contributed by atoms with van der Waals surface area (Å²) in [5.74, 6) is -1.04. The van der Waals surface area contributed by atoms with Gasteiger partial charge in [0.15, 0.2) is 12.4 Å². The largest absolute Gasteiger partial charge is 0.497 e. The van der Waals surface area contributed by atoms with Crippen molar-refractivity contribution < 1.29 is 33.1 Å². The van der Waals surface area contributed by atoms with Crippen LogP contribution >= 0.6 is 0 Å². The summed E-state index contributed by atoms with van der Waals surface area (Å²) < 4.78 is 19.9. The van der Waals surface area contributed by atoms with Gasteiger partial charge in [-0.1, -0.05) is 19.0 Å². The van der Waals surface area contributed by atoms with Gasteiger partial charge in [-0.05, 0) is 18.1 Å². The Morgan fingerprint density at radius 3 is 2.28 bits per heavy atom. The van der Waals surface area contributed by atoms with Crippen LogP contribution in [0, 0.1) is 5.92 Å². The third-order valence-electron chi connectivity index (χ3n) is 3.87. The summed E-state index contributed by atoms with van der Waals surface area (Å²) >= 11 is 0. The number of anilines is 1. The number of benzene rings is 1. The Balaban J connectivity index is 2.00. The SMILES string of the molecule is COc1cc(OC)cc(C(=O)N[C@H](C(=O)OCC(=O)Nc2ccon2)C(C)C)c1. The molecule has 0 unspecified atom stereocenters. The van der Waals surface area contributed by atoms with Crippen LogP contribution in [0.25, 0.3) is 0 Å². The van der Waals surface area contributed by atoms with Crippen molar-refractivity contribution in [2.24, 2.45) is 5.92 Å². The molecule has 2 rings (SSSR count). The van der Waals surface area contributed by atoms with Gasteiger partial charge < -0.3 is 29.4 Å². The molecule has 29 heavy (non-hydrogen) atoms. The molecule has 0 fully saturated rings. The Labute approximate surface area is 167 Å². The minimum absolute atomic E-state index is 0.201. The maximum Gasteiger partial charge on any atom is 0.329 e. The van der Waals surface area contributed by atoms with Gasteiger partial charge in [-0.2, -0.15) is 0 Å². The van der Waals surface area contributed by atoms with Gasteiger partial charge in [-0.3, -0.25) is 9.59 Å². The van der Waals surface area contributed by atoms with Crippen molar-refractivity contribution in [3.8, 4) is 11.5 Å². The zero-order valence-electron chi connectivity index (χ0n) is 16.6. The highest BCUT2D eigenvalue weighted by molar-refractivity contribution is 5.98. The van der Waals surface area contributed by atoms with Crippen molar-refractivity contribution in [1.82, 2.24) is 10.5 Å². The maximum atomic E-state index is 12.6. The fraction of sp³-hybridized carbons (Fsp3) is 0.368. The molecular weight excluding hydrogens is 382 g/mol. The minimum Gasteiger partial charge on any atom is -0.497 e. The van der Waals surface area contributed by atoms with Crippen LogP contribution in [0.15, 0.2) is 35.1 Å². The quantitative estimate of drug-likeness (QED) is 0.602. The van der Waals surface area contributed by atoms with Gasteiger partial charge in [-0.25, -0.2) is 4.79 Å². The average molecular weight is 405 g/mol. The summed E-state index contributed by atoms with van der Waals surface area (Å²) in [6.45, 7) is 2.96. The Hall–Kier alpha value is -3.56. The topological polar surface area (TPSA) is 129 Å². The van der Waals surface area contributed by atoms with Gasteiger partial charge in [-0.15, -0.1) is 0 Å². The van der Waals surface area contributed by atoms with Crippen LogP contribution < -0.4 is 20.1 Å². The maximum absolute atomic E-state index is 12.6. The fourth-order valence-electron chi connectivity index (χ4n) is 2.34. The van der Waals surface area contributed by atoms with Gasteiger partial charge >= 0.3 is 5.97 Å². The van der Waals surface area contributed by atoms with Crippen molar-refractivity contribution in [3.63, 3.8) is 0 Å². The Morgan fingerprint density at radius 1 is 1.10 bits per heavy atom. The van der Waals surface area contributed by atoms with Gasteiger partial charge in [0.2, 0.25) is 0 Å². The highest BCUT2D eigenvalue weighted by Crippen LogP contribution is 2.22. The van der Waals surface area contributed by atoms with Crippen LogP contribution in [0.1, 0.15) is 24.2 Å². The van der Waals surface area contributed by atoms with Crippen molar-refractivity contribution in [3.05, 3.63) is 36.1 Å². The minimum atomic E-state index is -0.959. The molecule has 10 nitrogen and oxygen atoms in total. The summed E-state index contributed by atoms with van der Waals surface area (Å²) in [6, 6.07) is 5.15. The number of hydrogen-bond donors (Lipinski definition) is 2. The lowest BCUT2D eigenvalue weighted by molar-refractivity contribution is -0.150. The summed E-state index contributed by atoms with van der Waals surface area (Å²) in [5, 5.41) is 8.54. The Morgan fingerprint density at radius 2 is 1.76 bits per heavy atom. The van der Waals surface area contributed by atoms with Crippen LogP contribution in [0.3, 0.4) is 0 Å². The molecule has 2 aromatic rings. The number of hydrogen-bond acceptors (Lipinski definition) is 8. The monoisotopic (exact) mass is 405 g/mol. The van der Waals surface area contributed by atoms with E-state index < -0.39 is 30.4 Å². The van der Waals surface area contributed by atoms with E-state index in [0.717, 1.165) is 0 Å². The summed E-state index contributed by atoms with van der Waals surface area (Å²) in [6.07, 6.45) is 1.29. The molecule has 2 N–H and O–H groups in total. The third kappa shape index (κ3) is 6.23. The van der Waals surface area contributed by atoms with E-state index in [4.69, 9.17) is 14.2 Å². The summed E-state index contributed by atoms with van der Waals surface area (Å²) in [5.41, 5.74) is 0.253. The molecule has 1 heterocycles. The van der Waals surface area contributed by atoms with Gasteiger partial charge in [0, 0.05) is 17.7 Å². The lowest BCUT2D eigenvalue weighted by Crippen LogP contribution is -2.46. The molecule has 0 saturated heterocycles. The second-order valence-corrected chi connectivity index (χ2v) is 6.34. The molecule has 0 spiro atoms. The number of amides is 2. The Kier molecular flexibility index (Phi) is 7.58. The number of aromatic nitrogens is 1. The number of carbonyl (C=O) groups is 3. The van der Waals surface area contributed by atoms with E-state index in [9.17, 15) is 14.4 Å². The lowest BCUT2D eigenvalue weighted by Gasteiger charge is -2.21. The molecule has 0 aliphatic rings. The highest BCUT2D eigenvalue weighted by Gasteiger charge is 2.27. The number of methoxy groups -OCH3 is 2. The standard InChI is InChI=1S/C19H23N3O7/c1-11(2)17(19(25)28-10-16(23)20-15-5-6-29-22-15)21-18(24)12-7-13(26-3)9-14(8-12)27-4/h5-9,11,17H,10H2,1-4H3,(H,21,24)(H,20,22,23)/t17-/m0/s1. The summed E-state index contributed by atoms with van der Waals surface area (Å²) in [4.78, 5) is 36.8. The number of nitrogens with one attached hydrogen (secondary N) is 2. The van der Waals surface area contributed by atoms with Crippen molar-refractivity contribution in [2.45, 2.75) is 19.9 Å². The van der Waals surface area contributed by atoms with Crippen LogP contribution in [0.2, 0.25) is 0 Å². The molecule has 0 saturated carbocycles. The second-order valence-electron chi connectivity index (χ2n) is 6.34. The van der Waals surface area contributed by atoms with E-state index in [2.05, 4.69) is 20.3 Å². The first kappa shape index (κ1) is 21.7. The van der Waals surface area contributed by atoms with E-state index in [1.807, 2.05) is 0 Å². The molecule has 1 aromatic heterocycles. The van der Waals surface area contributed by atoms with Gasteiger partial charge in [0.25, 0.3) is 11.8 Å². The van der Waals surface area contributed by atoms with E-state index in [0.29, 0.717) is 11.5 Å². The fourth-order valence-corrected chi connectivity index (χ4v) is 2.34. The molecule has 0 aliphatic heterocycles. The first-order chi connectivity index (χ1) is 13.8. The predicted molar refractivity (Wildman–Crippen MR) is 102 cm³/mol. The van der Waals surface area contributed by atoms with Crippen molar-refractivity contribution in [2.75, 3.05) is 26.1 Å². The second kappa shape index (κ2) is 10.1. The molecular formula is C19H23N3O7. The molecule has 0 radical (unpaired) electrons. The zero-order valence-corrected chi connectivity index (χ0v) is 16.6. The van der Waals surface area contributed by atoms with Crippen LogP contribution in [-0.2, 0) is 14.3 Å². The van der Waals surface area contributed by atoms with Crippen molar-refractivity contribution >= 4 is 23.6 Å².